The Hall–Kier alpha value is -1.33. The van der Waals surface area contributed by atoms with E-state index in [0.29, 0.717) is 5.56 Å². The summed E-state index contributed by atoms with van der Waals surface area (Å²) in [6.07, 6.45) is -0.103. The number of phenols is 1. The topological polar surface area (TPSA) is 72.5 Å². The van der Waals surface area contributed by atoms with Crippen molar-refractivity contribution in [3.63, 3.8) is 0 Å². The van der Waals surface area contributed by atoms with E-state index in [-0.39, 0.29) is 24.4 Å². The first kappa shape index (κ1) is 15.7. The van der Waals surface area contributed by atoms with Crippen molar-refractivity contribution in [3.05, 3.63) is 29.1 Å². The highest BCUT2D eigenvalue weighted by Crippen LogP contribution is 2.30. The molecule has 0 fully saturated rings. The van der Waals surface area contributed by atoms with Gasteiger partial charge < -0.3 is 15.6 Å². The van der Waals surface area contributed by atoms with Crippen LogP contribution in [0.2, 0.25) is 0 Å². The van der Waals surface area contributed by atoms with Crippen molar-refractivity contribution in [1.29, 1.82) is 0 Å². The maximum Gasteiger partial charge on any atom is 0.307 e. The monoisotopic (exact) mass is 263 g/mol. The third-order valence-electron chi connectivity index (χ3n) is 2.37. The normalized spacial score (nSPS) is 11.5. The van der Waals surface area contributed by atoms with E-state index in [1.807, 2.05) is 0 Å². The van der Waals surface area contributed by atoms with Crippen LogP contribution in [0.3, 0.4) is 0 Å². The molecule has 4 nitrogen and oxygen atoms in total. The van der Waals surface area contributed by atoms with Gasteiger partial charge in [-0.2, -0.15) is 0 Å². The van der Waals surface area contributed by atoms with Gasteiger partial charge in [0.25, 0.3) is 0 Å². The molecule has 3 N–H and O–H groups in total. The fraction of sp³-hybridized carbons (Fsp3) is 0.364. The van der Waals surface area contributed by atoms with Crippen molar-refractivity contribution in [2.75, 3.05) is 7.11 Å². The van der Waals surface area contributed by atoms with Crippen molar-refractivity contribution in [1.82, 2.24) is 0 Å². The molecule has 1 aromatic carbocycles. The van der Waals surface area contributed by atoms with E-state index in [1.54, 1.807) is 6.92 Å². The summed E-state index contributed by atoms with van der Waals surface area (Å²) in [7, 11) is 1.24. The molecule has 1 aromatic rings. The molecule has 96 valence electrons. The molecule has 0 unspecified atom stereocenters. The Bertz CT molecular complexity index is 412. The Balaban J connectivity index is 0.00000256. The van der Waals surface area contributed by atoms with Crippen molar-refractivity contribution >= 4 is 18.4 Å². The van der Waals surface area contributed by atoms with Crippen LogP contribution in [0.5, 0.6) is 5.75 Å². The molecule has 0 aliphatic carbocycles. The number of ether oxygens (including phenoxy) is 1. The minimum absolute atomic E-state index is 0. The average molecular weight is 264 g/mol. The maximum atomic E-state index is 13.1. The van der Waals surface area contributed by atoms with Crippen molar-refractivity contribution in [2.24, 2.45) is 5.73 Å². The van der Waals surface area contributed by atoms with Gasteiger partial charge in [-0.15, -0.1) is 12.4 Å². The number of hydrogen-bond acceptors (Lipinski definition) is 4. The molecule has 6 heteroatoms. The third-order valence-corrected chi connectivity index (χ3v) is 2.37. The van der Waals surface area contributed by atoms with Crippen LogP contribution in [0.4, 0.5) is 4.39 Å². The standard InChI is InChI=1S/C11H14FNO3.ClH/c1-6-3-4-7(12)11(15)10(6)8(13)5-9(14)16-2;/h3-4,8,15H,5,13H2,1-2H3;1H/t8-;/m0./s1. The summed E-state index contributed by atoms with van der Waals surface area (Å²) in [6, 6.07) is 1.88. The molecule has 1 atom stereocenters. The van der Waals surface area contributed by atoms with Crippen LogP contribution in [0.1, 0.15) is 23.6 Å². The lowest BCUT2D eigenvalue weighted by atomic mass is 9.98. The Morgan fingerprint density at radius 3 is 2.71 bits per heavy atom. The average Bonchev–Trinajstić information content (AvgIpc) is 2.24. The van der Waals surface area contributed by atoms with E-state index in [2.05, 4.69) is 4.74 Å². The van der Waals surface area contributed by atoms with Gasteiger partial charge in [0.1, 0.15) is 0 Å². The van der Waals surface area contributed by atoms with Crippen LogP contribution >= 0.6 is 12.4 Å². The molecule has 0 aromatic heterocycles. The number of esters is 1. The molecular formula is C11H15ClFNO3. The zero-order valence-corrected chi connectivity index (χ0v) is 10.4. The summed E-state index contributed by atoms with van der Waals surface area (Å²) in [5, 5.41) is 9.53. The fourth-order valence-electron chi connectivity index (χ4n) is 1.52. The summed E-state index contributed by atoms with van der Waals surface area (Å²) in [4.78, 5) is 11.0. The molecule has 0 spiro atoms. The molecule has 0 saturated heterocycles. The van der Waals surface area contributed by atoms with E-state index in [4.69, 9.17) is 5.73 Å². The molecule has 0 radical (unpaired) electrons. The largest absolute Gasteiger partial charge is 0.505 e. The smallest absolute Gasteiger partial charge is 0.307 e. The summed E-state index contributed by atoms with van der Waals surface area (Å²) in [5.74, 6) is -1.76. The number of hydrogen-bond donors (Lipinski definition) is 2. The summed E-state index contributed by atoms with van der Waals surface area (Å²) < 4.78 is 17.6. The fourth-order valence-corrected chi connectivity index (χ4v) is 1.52. The Morgan fingerprint density at radius 2 is 2.18 bits per heavy atom. The van der Waals surface area contributed by atoms with Crippen LogP contribution in [-0.2, 0) is 9.53 Å². The van der Waals surface area contributed by atoms with Crippen molar-refractivity contribution in [2.45, 2.75) is 19.4 Å². The van der Waals surface area contributed by atoms with Gasteiger partial charge in [0, 0.05) is 11.6 Å². The second-order valence-corrected chi connectivity index (χ2v) is 3.51. The van der Waals surface area contributed by atoms with Crippen molar-refractivity contribution < 1.29 is 19.0 Å². The van der Waals surface area contributed by atoms with Gasteiger partial charge in [-0.1, -0.05) is 6.07 Å². The second kappa shape index (κ2) is 6.42. The van der Waals surface area contributed by atoms with Gasteiger partial charge in [-0.05, 0) is 18.6 Å². The van der Waals surface area contributed by atoms with Crippen LogP contribution in [0.15, 0.2) is 12.1 Å². The van der Waals surface area contributed by atoms with Gasteiger partial charge in [0.05, 0.1) is 13.5 Å². The minimum Gasteiger partial charge on any atom is -0.505 e. The summed E-state index contributed by atoms with van der Waals surface area (Å²) >= 11 is 0. The molecular weight excluding hydrogens is 249 g/mol. The summed E-state index contributed by atoms with van der Waals surface area (Å²) in [6.45, 7) is 1.69. The minimum atomic E-state index is -0.775. The van der Waals surface area contributed by atoms with E-state index >= 15 is 0 Å². The summed E-state index contributed by atoms with van der Waals surface area (Å²) in [5.41, 5.74) is 6.59. The lowest BCUT2D eigenvalue weighted by Gasteiger charge is -2.15. The first-order chi connectivity index (χ1) is 7.47. The molecule has 0 heterocycles. The van der Waals surface area contributed by atoms with Crippen LogP contribution in [-0.4, -0.2) is 18.2 Å². The Morgan fingerprint density at radius 1 is 1.59 bits per heavy atom. The molecule has 1 rings (SSSR count). The number of carbonyl (C=O) groups is 1. The number of methoxy groups -OCH3 is 1. The highest BCUT2D eigenvalue weighted by Gasteiger charge is 2.19. The number of carbonyl (C=O) groups excluding carboxylic acids is 1. The van der Waals surface area contributed by atoms with E-state index in [0.717, 1.165) is 6.07 Å². The lowest BCUT2D eigenvalue weighted by molar-refractivity contribution is -0.141. The van der Waals surface area contributed by atoms with E-state index < -0.39 is 23.6 Å². The zero-order valence-electron chi connectivity index (χ0n) is 9.57. The van der Waals surface area contributed by atoms with Gasteiger partial charge in [-0.25, -0.2) is 4.39 Å². The molecule has 0 aliphatic rings. The molecule has 0 aliphatic heterocycles. The number of benzene rings is 1. The molecule has 0 amide bonds. The van der Waals surface area contributed by atoms with E-state index in [9.17, 15) is 14.3 Å². The van der Waals surface area contributed by atoms with Crippen LogP contribution < -0.4 is 5.73 Å². The predicted octanol–water partition coefficient (Wildman–Crippen LogP) is 1.82. The van der Waals surface area contributed by atoms with Crippen LogP contribution in [0, 0.1) is 12.7 Å². The Labute approximate surface area is 105 Å². The second-order valence-electron chi connectivity index (χ2n) is 3.51. The first-order valence-electron chi connectivity index (χ1n) is 4.77. The highest BCUT2D eigenvalue weighted by molar-refractivity contribution is 5.85. The first-order valence-corrected chi connectivity index (χ1v) is 4.77. The third kappa shape index (κ3) is 3.57. The number of aryl methyl sites for hydroxylation is 1. The van der Waals surface area contributed by atoms with Gasteiger partial charge in [0.2, 0.25) is 0 Å². The number of rotatable bonds is 3. The number of aromatic hydroxyl groups is 1. The lowest BCUT2D eigenvalue weighted by Crippen LogP contribution is -2.17. The quantitative estimate of drug-likeness (QED) is 0.816. The van der Waals surface area contributed by atoms with Gasteiger partial charge in [0.15, 0.2) is 11.6 Å². The SMILES string of the molecule is COC(=O)C[C@H](N)c1c(C)ccc(F)c1O.Cl. The molecule has 0 saturated carbocycles. The number of halogens is 2. The zero-order chi connectivity index (χ0) is 12.3. The highest BCUT2D eigenvalue weighted by atomic mass is 35.5. The number of phenolic OH excluding ortho intramolecular Hbond substituents is 1. The maximum absolute atomic E-state index is 13.1. The van der Waals surface area contributed by atoms with E-state index in [1.165, 1.54) is 13.2 Å². The van der Waals surface area contributed by atoms with Gasteiger partial charge >= 0.3 is 5.97 Å². The molecule has 0 bridgehead atoms. The van der Waals surface area contributed by atoms with Crippen molar-refractivity contribution in [3.8, 4) is 5.75 Å². The number of nitrogens with two attached hydrogens (primary N) is 1. The molecule has 17 heavy (non-hydrogen) atoms. The Kier molecular flexibility index (Phi) is 5.91. The van der Waals surface area contributed by atoms with Gasteiger partial charge in [-0.3, -0.25) is 4.79 Å². The predicted molar refractivity (Wildman–Crippen MR) is 63.6 cm³/mol. The van der Waals surface area contributed by atoms with Crippen LogP contribution in [0.25, 0.3) is 0 Å².